The highest BCUT2D eigenvalue weighted by Crippen LogP contribution is 2.30. The molecule has 0 radical (unpaired) electrons. The van der Waals surface area contributed by atoms with E-state index in [0.717, 1.165) is 48.9 Å². The fourth-order valence-corrected chi connectivity index (χ4v) is 5.19. The van der Waals surface area contributed by atoms with E-state index < -0.39 is 27.8 Å². The number of carbonyl (C=O) groups is 2. The van der Waals surface area contributed by atoms with Gasteiger partial charge in [-0.05, 0) is 67.1 Å². The fourth-order valence-electron chi connectivity index (χ4n) is 4.53. The maximum atomic E-state index is 13.2. The van der Waals surface area contributed by atoms with Gasteiger partial charge < -0.3 is 15.2 Å². The molecule has 1 amide bonds. The van der Waals surface area contributed by atoms with Gasteiger partial charge in [0.05, 0.1) is 12.4 Å². The van der Waals surface area contributed by atoms with Crippen molar-refractivity contribution >= 4 is 21.7 Å². The van der Waals surface area contributed by atoms with Crippen molar-refractivity contribution in [1.29, 1.82) is 0 Å². The summed E-state index contributed by atoms with van der Waals surface area (Å²) >= 11 is 0. The van der Waals surface area contributed by atoms with E-state index in [1.807, 2.05) is 57.2 Å². The number of carboxylic acid groups (broad SMARTS) is 1. The van der Waals surface area contributed by atoms with Gasteiger partial charge in [-0.1, -0.05) is 64.4 Å². The lowest BCUT2D eigenvalue weighted by atomic mass is 9.93. The lowest BCUT2D eigenvalue weighted by Crippen LogP contribution is -2.42. The molecule has 0 bridgehead atoms. The first kappa shape index (κ1) is 35.3. The van der Waals surface area contributed by atoms with Gasteiger partial charge in [0.1, 0.15) is 15.9 Å². The zero-order valence-corrected chi connectivity index (χ0v) is 26.0. The third-order valence-corrected chi connectivity index (χ3v) is 7.37. The lowest BCUT2D eigenvalue weighted by molar-refractivity contribution is -0.139. The number of benzene rings is 2. The molecule has 1 aliphatic heterocycles. The van der Waals surface area contributed by atoms with E-state index in [1.54, 1.807) is 13.2 Å². The fraction of sp³-hybridized carbons (Fsp3) is 0.548. The number of nitrogens with one attached hydrogen (secondary N) is 1. The van der Waals surface area contributed by atoms with Crippen LogP contribution in [0.3, 0.4) is 0 Å². The molecule has 224 valence electrons. The molecule has 2 atom stereocenters. The number of aliphatic carboxylic acids is 1. The summed E-state index contributed by atoms with van der Waals surface area (Å²) in [6.45, 7) is 12.6. The van der Waals surface area contributed by atoms with Crippen molar-refractivity contribution in [1.82, 2.24) is 10.2 Å². The van der Waals surface area contributed by atoms with E-state index in [9.17, 15) is 23.1 Å². The standard InChI is InChI=1S/C26H34N2O6S.C3H8.C2H6/c1-18-7-4-5-9-21(18)23-15-19(16-28-13-6-8-20(28)17-34-2)10-11-22(23)25(29)27-24(26(30)31)12-14-35(3,32)33;1-3-2;1-2/h4-5,7,9-11,15,20,24H,6,8,12-14,16-17H2,1-3H3,(H,27,29)(H,30,31);3H2,1-2H3;1-2H3. The van der Waals surface area contributed by atoms with E-state index in [4.69, 9.17) is 4.74 Å². The van der Waals surface area contributed by atoms with Gasteiger partial charge in [-0.15, -0.1) is 0 Å². The van der Waals surface area contributed by atoms with Gasteiger partial charge in [-0.2, -0.15) is 0 Å². The molecule has 0 spiro atoms. The Morgan fingerprint density at radius 3 is 2.35 bits per heavy atom. The Morgan fingerprint density at radius 1 is 1.12 bits per heavy atom. The van der Waals surface area contributed by atoms with Crippen molar-refractivity contribution in [3.05, 3.63) is 59.2 Å². The van der Waals surface area contributed by atoms with Crippen LogP contribution < -0.4 is 5.32 Å². The van der Waals surface area contributed by atoms with Gasteiger partial charge in [0, 0.05) is 31.5 Å². The summed E-state index contributed by atoms with van der Waals surface area (Å²) in [6.07, 6.45) is 4.29. The summed E-state index contributed by atoms with van der Waals surface area (Å²) in [7, 11) is -1.66. The van der Waals surface area contributed by atoms with Crippen LogP contribution in [0, 0.1) is 6.92 Å². The van der Waals surface area contributed by atoms with Crippen molar-refractivity contribution < 1.29 is 27.9 Å². The Hall–Kier alpha value is -2.75. The van der Waals surface area contributed by atoms with E-state index in [0.29, 0.717) is 23.8 Å². The van der Waals surface area contributed by atoms with Crippen molar-refractivity contribution in [3.63, 3.8) is 0 Å². The number of hydrogen-bond donors (Lipinski definition) is 2. The number of likely N-dealkylation sites (tertiary alicyclic amines) is 1. The smallest absolute Gasteiger partial charge is 0.326 e. The summed E-state index contributed by atoms with van der Waals surface area (Å²) < 4.78 is 28.4. The first-order valence-corrected chi connectivity index (χ1v) is 16.2. The van der Waals surface area contributed by atoms with Crippen LogP contribution >= 0.6 is 0 Å². The molecule has 9 heteroatoms. The Morgan fingerprint density at radius 2 is 1.77 bits per heavy atom. The van der Waals surface area contributed by atoms with E-state index in [2.05, 4.69) is 24.1 Å². The average molecular weight is 577 g/mol. The molecule has 8 nitrogen and oxygen atoms in total. The van der Waals surface area contributed by atoms with Gasteiger partial charge in [0.15, 0.2) is 0 Å². The van der Waals surface area contributed by atoms with Gasteiger partial charge in [-0.3, -0.25) is 9.69 Å². The number of carboxylic acids is 1. The molecule has 2 unspecified atom stereocenters. The molecule has 1 aliphatic rings. The Balaban J connectivity index is 0.00000150. The molecule has 40 heavy (non-hydrogen) atoms. The molecule has 1 saturated heterocycles. The van der Waals surface area contributed by atoms with Gasteiger partial charge in [0.2, 0.25) is 0 Å². The molecule has 2 aromatic carbocycles. The first-order valence-electron chi connectivity index (χ1n) is 14.1. The van der Waals surface area contributed by atoms with Crippen LogP contribution in [0.2, 0.25) is 0 Å². The second-order valence-electron chi connectivity index (χ2n) is 9.91. The minimum atomic E-state index is -3.36. The van der Waals surface area contributed by atoms with E-state index >= 15 is 0 Å². The van der Waals surface area contributed by atoms with Crippen molar-refractivity contribution in [2.24, 2.45) is 0 Å². The quantitative estimate of drug-likeness (QED) is 0.372. The predicted molar refractivity (Wildman–Crippen MR) is 162 cm³/mol. The highest BCUT2D eigenvalue weighted by molar-refractivity contribution is 7.90. The summed E-state index contributed by atoms with van der Waals surface area (Å²) in [5.74, 6) is -2.14. The molecule has 1 heterocycles. The normalized spacial score (nSPS) is 15.7. The average Bonchev–Trinajstić information content (AvgIpc) is 3.34. The SMILES string of the molecule is CC.CCC.COCC1CCCN1Cc1ccc(C(=O)NC(CCS(C)(=O)=O)C(=O)O)c(-c2ccccc2C)c1. The number of sulfone groups is 1. The highest BCUT2D eigenvalue weighted by atomic mass is 32.2. The second kappa shape index (κ2) is 17.8. The minimum Gasteiger partial charge on any atom is -0.480 e. The zero-order valence-electron chi connectivity index (χ0n) is 25.2. The topological polar surface area (TPSA) is 113 Å². The monoisotopic (exact) mass is 576 g/mol. The summed E-state index contributed by atoms with van der Waals surface area (Å²) in [5.41, 5.74) is 3.99. The third kappa shape index (κ3) is 11.4. The maximum absolute atomic E-state index is 13.2. The molecule has 3 rings (SSSR count). The molecule has 1 fully saturated rings. The molecule has 0 aromatic heterocycles. The number of nitrogens with zero attached hydrogens (tertiary/aromatic N) is 1. The number of amides is 1. The summed E-state index contributed by atoms with van der Waals surface area (Å²) in [5, 5.41) is 12.1. The van der Waals surface area contributed by atoms with Crippen LogP contribution in [0.25, 0.3) is 11.1 Å². The molecule has 2 N–H and O–H groups in total. The van der Waals surface area contributed by atoms with Crippen LogP contribution in [-0.4, -0.2) is 74.7 Å². The Labute approximate surface area is 241 Å². The van der Waals surface area contributed by atoms with E-state index in [1.165, 1.54) is 6.42 Å². The molecular formula is C31H48N2O6S. The number of rotatable bonds is 11. The second-order valence-corrected chi connectivity index (χ2v) is 12.2. The van der Waals surface area contributed by atoms with Crippen LogP contribution in [0.5, 0.6) is 0 Å². The van der Waals surface area contributed by atoms with E-state index in [-0.39, 0.29) is 12.2 Å². The number of ether oxygens (including phenoxy) is 1. The van der Waals surface area contributed by atoms with Gasteiger partial charge >= 0.3 is 5.97 Å². The molecule has 2 aromatic rings. The van der Waals surface area contributed by atoms with Crippen LogP contribution in [0.1, 0.15) is 74.9 Å². The molecule has 0 aliphatic carbocycles. The van der Waals surface area contributed by atoms with Crippen LogP contribution in [-0.2, 0) is 25.9 Å². The third-order valence-electron chi connectivity index (χ3n) is 6.39. The van der Waals surface area contributed by atoms with Crippen LogP contribution in [0.4, 0.5) is 0 Å². The summed E-state index contributed by atoms with van der Waals surface area (Å²) in [6, 6.07) is 12.4. The van der Waals surface area contributed by atoms with Crippen molar-refractivity contribution in [2.45, 2.75) is 78.9 Å². The van der Waals surface area contributed by atoms with Crippen LogP contribution in [0.15, 0.2) is 42.5 Å². The zero-order chi connectivity index (χ0) is 30.3. The highest BCUT2D eigenvalue weighted by Gasteiger charge is 2.26. The molecular weight excluding hydrogens is 528 g/mol. The number of carbonyl (C=O) groups excluding carboxylic acids is 1. The van der Waals surface area contributed by atoms with Crippen molar-refractivity contribution in [2.75, 3.05) is 32.3 Å². The number of aryl methyl sites for hydroxylation is 1. The van der Waals surface area contributed by atoms with Crippen molar-refractivity contribution in [3.8, 4) is 11.1 Å². The molecule has 0 saturated carbocycles. The summed E-state index contributed by atoms with van der Waals surface area (Å²) in [4.78, 5) is 27.3. The minimum absolute atomic E-state index is 0.201. The Kier molecular flexibility index (Phi) is 15.7. The number of methoxy groups -OCH3 is 1. The maximum Gasteiger partial charge on any atom is 0.326 e. The predicted octanol–water partition coefficient (Wildman–Crippen LogP) is 5.33. The largest absolute Gasteiger partial charge is 0.480 e. The van der Waals surface area contributed by atoms with Gasteiger partial charge in [0.25, 0.3) is 5.91 Å². The van der Waals surface area contributed by atoms with Gasteiger partial charge in [-0.25, -0.2) is 13.2 Å². The number of hydrogen-bond acceptors (Lipinski definition) is 6. The lowest BCUT2D eigenvalue weighted by Gasteiger charge is -2.24. The first-order chi connectivity index (χ1) is 19.0. The Bertz CT molecular complexity index is 1180.